The van der Waals surface area contributed by atoms with E-state index in [-0.39, 0.29) is 30.3 Å². The number of thiol groups is 1. The zero-order chi connectivity index (χ0) is 24.2. The summed E-state index contributed by atoms with van der Waals surface area (Å²) in [4.78, 5) is 24.1. The Labute approximate surface area is 197 Å². The van der Waals surface area contributed by atoms with E-state index in [1.165, 1.54) is 13.2 Å². The number of rotatable bonds is 11. The molecule has 0 saturated heterocycles. The van der Waals surface area contributed by atoms with E-state index in [1.54, 1.807) is 43.3 Å². The predicted molar refractivity (Wildman–Crippen MR) is 124 cm³/mol. The number of anilines is 1. The van der Waals surface area contributed by atoms with E-state index in [0.29, 0.717) is 23.4 Å². The fraction of sp³-hybridized carbons (Fsp3) is 0.348. The van der Waals surface area contributed by atoms with Crippen LogP contribution in [-0.4, -0.2) is 49.3 Å². The molecule has 0 saturated carbocycles. The van der Waals surface area contributed by atoms with Crippen LogP contribution in [-0.2, 0) is 19.0 Å². The third kappa shape index (κ3) is 7.89. The lowest BCUT2D eigenvalue weighted by Crippen LogP contribution is -2.30. The largest absolute Gasteiger partial charge is 0.504 e. The second-order valence-electron chi connectivity index (χ2n) is 6.73. The monoisotopic (exact) mass is 474 g/mol. The first kappa shape index (κ1) is 25.8. The van der Waals surface area contributed by atoms with Crippen LogP contribution in [0.5, 0.6) is 11.5 Å². The molecule has 1 amide bonds. The number of carbonyl (C=O) groups excluding carboxylic acids is 2. The maximum absolute atomic E-state index is 12.7. The van der Waals surface area contributed by atoms with Gasteiger partial charge in [0.05, 0.1) is 31.1 Å². The van der Waals surface area contributed by atoms with Gasteiger partial charge in [-0.1, -0.05) is 6.07 Å². The number of esters is 1. The number of hydrogen-bond acceptors (Lipinski definition) is 9. The van der Waals surface area contributed by atoms with Crippen molar-refractivity contribution in [1.82, 2.24) is 0 Å². The molecule has 33 heavy (non-hydrogen) atoms. The van der Waals surface area contributed by atoms with Crippen molar-refractivity contribution in [3.8, 4) is 17.6 Å². The number of benzene rings is 2. The van der Waals surface area contributed by atoms with E-state index in [9.17, 15) is 14.7 Å². The van der Waals surface area contributed by atoms with E-state index in [4.69, 9.17) is 24.2 Å². The smallest absolute Gasteiger partial charge is 0.412 e. The van der Waals surface area contributed by atoms with Crippen molar-refractivity contribution in [1.29, 1.82) is 5.26 Å². The number of ether oxygens (including phenoxy) is 4. The number of hydrogen-bond donors (Lipinski definition) is 3. The van der Waals surface area contributed by atoms with Gasteiger partial charge < -0.3 is 24.1 Å². The molecule has 10 heteroatoms. The minimum absolute atomic E-state index is 0.0310. The summed E-state index contributed by atoms with van der Waals surface area (Å²) in [5.74, 6) is -0.409. The van der Waals surface area contributed by atoms with Gasteiger partial charge in [0.15, 0.2) is 17.6 Å². The molecule has 0 aromatic heterocycles. The molecule has 0 unspecified atom stereocenters. The first-order valence-corrected chi connectivity index (χ1v) is 10.8. The second kappa shape index (κ2) is 13.2. The number of phenolic OH excluding ortho intramolecular Hbond substituents is 1. The Hall–Kier alpha value is -3.42. The lowest BCUT2D eigenvalue weighted by molar-refractivity contribution is -0.142. The summed E-state index contributed by atoms with van der Waals surface area (Å²) in [6, 6.07) is 12.9. The van der Waals surface area contributed by atoms with E-state index in [1.807, 2.05) is 6.07 Å². The van der Waals surface area contributed by atoms with Crippen molar-refractivity contribution in [2.45, 2.75) is 25.6 Å². The topological polar surface area (TPSA) is 127 Å². The molecule has 0 bridgehead atoms. The van der Waals surface area contributed by atoms with Crippen LogP contribution in [0.15, 0.2) is 42.5 Å². The van der Waals surface area contributed by atoms with Crippen LogP contribution >= 0.6 is 12.6 Å². The first-order valence-electron chi connectivity index (χ1n) is 10.1. The molecule has 0 aliphatic carbocycles. The number of nitrogens with zero attached hydrogens (tertiary/aromatic N) is 1. The van der Waals surface area contributed by atoms with Crippen LogP contribution in [0.4, 0.5) is 10.5 Å². The summed E-state index contributed by atoms with van der Waals surface area (Å²) in [6.07, 6.45) is -2.15. The van der Waals surface area contributed by atoms with Gasteiger partial charge >= 0.3 is 12.1 Å². The normalized spacial score (nSPS) is 12.2. The molecule has 0 aliphatic rings. The predicted octanol–water partition coefficient (Wildman–Crippen LogP) is 3.83. The summed E-state index contributed by atoms with van der Waals surface area (Å²) in [6.45, 7) is 2.12. The lowest BCUT2D eigenvalue weighted by atomic mass is 10.0. The SMILES string of the molecule is CCO[C@@H](CCOC(=O)CS)[C@@H](OC(=O)Nc1ccc(C#N)cc1)c1ccc(OC)c(O)c1. The average Bonchev–Trinajstić information content (AvgIpc) is 2.82. The maximum atomic E-state index is 12.7. The Balaban J connectivity index is 2.25. The van der Waals surface area contributed by atoms with Crippen molar-refractivity contribution in [3.63, 3.8) is 0 Å². The van der Waals surface area contributed by atoms with Gasteiger partial charge in [-0.25, -0.2) is 4.79 Å². The van der Waals surface area contributed by atoms with Crippen molar-refractivity contribution in [2.75, 3.05) is 31.4 Å². The van der Waals surface area contributed by atoms with Crippen LogP contribution in [0.25, 0.3) is 0 Å². The molecule has 2 rings (SSSR count). The highest BCUT2D eigenvalue weighted by molar-refractivity contribution is 7.81. The van der Waals surface area contributed by atoms with Crippen molar-refractivity contribution < 1.29 is 33.6 Å². The van der Waals surface area contributed by atoms with Gasteiger partial charge in [-0.2, -0.15) is 17.9 Å². The second-order valence-corrected chi connectivity index (χ2v) is 7.05. The summed E-state index contributed by atoms with van der Waals surface area (Å²) in [5, 5.41) is 21.7. The van der Waals surface area contributed by atoms with Crippen molar-refractivity contribution in [2.24, 2.45) is 0 Å². The van der Waals surface area contributed by atoms with Gasteiger partial charge in [0, 0.05) is 18.7 Å². The molecular formula is C23H26N2O7S. The Morgan fingerprint density at radius 1 is 1.21 bits per heavy atom. The number of phenols is 1. The van der Waals surface area contributed by atoms with Gasteiger partial charge in [0.25, 0.3) is 0 Å². The maximum Gasteiger partial charge on any atom is 0.412 e. The number of nitrogens with one attached hydrogen (secondary N) is 1. The summed E-state index contributed by atoms with van der Waals surface area (Å²) in [5.41, 5.74) is 1.35. The number of aromatic hydroxyl groups is 1. The Kier molecular flexibility index (Phi) is 10.3. The molecule has 2 atom stereocenters. The fourth-order valence-corrected chi connectivity index (χ4v) is 3.10. The molecule has 0 heterocycles. The third-order valence-corrected chi connectivity index (χ3v) is 4.80. The first-order chi connectivity index (χ1) is 15.9. The molecule has 2 N–H and O–H groups in total. The Morgan fingerprint density at radius 3 is 2.52 bits per heavy atom. The number of carbonyl (C=O) groups is 2. The van der Waals surface area contributed by atoms with E-state index in [0.717, 1.165) is 0 Å². The molecule has 0 aliphatic heterocycles. The molecule has 9 nitrogen and oxygen atoms in total. The third-order valence-electron chi connectivity index (χ3n) is 4.54. The standard InChI is InChI=1S/C23H26N2O7S/c1-3-30-20(10-11-31-21(27)14-33)22(16-6-9-19(29-2)18(26)12-16)32-23(28)25-17-7-4-15(13-24)5-8-17/h4-9,12,20,22,26,33H,3,10-11,14H2,1-2H3,(H,25,28)/t20-,22-/m0/s1. The van der Waals surface area contributed by atoms with Gasteiger partial charge in [-0.3, -0.25) is 10.1 Å². The van der Waals surface area contributed by atoms with Gasteiger partial charge in [-0.05, 0) is 48.9 Å². The number of amides is 1. The van der Waals surface area contributed by atoms with Crippen LogP contribution in [0.3, 0.4) is 0 Å². The lowest BCUT2D eigenvalue weighted by Gasteiger charge is -2.27. The van der Waals surface area contributed by atoms with Crippen LogP contribution in [0.2, 0.25) is 0 Å². The van der Waals surface area contributed by atoms with Crippen LogP contribution in [0, 0.1) is 11.3 Å². The Bertz CT molecular complexity index is 976. The highest BCUT2D eigenvalue weighted by Gasteiger charge is 2.29. The number of nitriles is 1. The van der Waals surface area contributed by atoms with E-state index < -0.39 is 24.3 Å². The Morgan fingerprint density at radius 2 is 1.94 bits per heavy atom. The number of methoxy groups -OCH3 is 1. The summed E-state index contributed by atoms with van der Waals surface area (Å²) >= 11 is 3.87. The average molecular weight is 475 g/mol. The van der Waals surface area contributed by atoms with Crippen LogP contribution in [0.1, 0.15) is 30.6 Å². The molecule has 0 spiro atoms. The van der Waals surface area contributed by atoms with Gasteiger partial charge in [0.2, 0.25) is 0 Å². The zero-order valence-corrected chi connectivity index (χ0v) is 19.2. The molecule has 2 aromatic carbocycles. The summed E-state index contributed by atoms with van der Waals surface area (Å²) < 4.78 is 21.6. The summed E-state index contributed by atoms with van der Waals surface area (Å²) in [7, 11) is 1.42. The highest BCUT2D eigenvalue weighted by atomic mass is 32.1. The van der Waals surface area contributed by atoms with E-state index >= 15 is 0 Å². The fourth-order valence-electron chi connectivity index (χ4n) is 3.00. The quantitative estimate of drug-likeness (QED) is 0.331. The van der Waals surface area contributed by atoms with Crippen LogP contribution < -0.4 is 10.1 Å². The molecular weight excluding hydrogens is 448 g/mol. The zero-order valence-electron chi connectivity index (χ0n) is 18.3. The van der Waals surface area contributed by atoms with E-state index in [2.05, 4.69) is 17.9 Å². The molecule has 2 aromatic rings. The minimum atomic E-state index is -0.935. The highest BCUT2D eigenvalue weighted by Crippen LogP contribution is 2.33. The molecule has 0 fully saturated rings. The van der Waals surface area contributed by atoms with Gasteiger partial charge in [0.1, 0.15) is 6.10 Å². The molecule has 0 radical (unpaired) electrons. The minimum Gasteiger partial charge on any atom is -0.504 e. The van der Waals surface area contributed by atoms with Crippen molar-refractivity contribution in [3.05, 3.63) is 53.6 Å². The van der Waals surface area contributed by atoms with Gasteiger partial charge in [-0.15, -0.1) is 0 Å². The van der Waals surface area contributed by atoms with Crippen molar-refractivity contribution >= 4 is 30.4 Å². The molecule has 176 valence electrons.